The zero-order valence-electron chi connectivity index (χ0n) is 14.5. The Morgan fingerprint density at radius 1 is 1.07 bits per heavy atom. The van der Waals surface area contributed by atoms with Gasteiger partial charge in [-0.1, -0.05) is 55.8 Å². The molecule has 0 aliphatic heterocycles. The van der Waals surface area contributed by atoms with Crippen molar-refractivity contribution in [1.29, 1.82) is 0 Å². The van der Waals surface area contributed by atoms with Crippen LogP contribution in [0.25, 0.3) is 16.9 Å². The van der Waals surface area contributed by atoms with Gasteiger partial charge in [0, 0.05) is 5.56 Å². The van der Waals surface area contributed by atoms with Crippen LogP contribution in [-0.4, -0.2) is 20.9 Å². The van der Waals surface area contributed by atoms with Gasteiger partial charge >= 0.3 is 12.1 Å². The summed E-state index contributed by atoms with van der Waals surface area (Å²) in [6, 6.07) is 13.5. The van der Waals surface area contributed by atoms with Crippen LogP contribution in [0.2, 0.25) is 0 Å². The van der Waals surface area contributed by atoms with Gasteiger partial charge in [0.05, 0.1) is 22.6 Å². The van der Waals surface area contributed by atoms with Crippen LogP contribution in [0.4, 0.5) is 13.2 Å². The number of carboxylic acid groups (broad SMARTS) is 1. The number of para-hydroxylation sites is 1. The Morgan fingerprint density at radius 2 is 1.70 bits per heavy atom. The molecule has 0 radical (unpaired) electrons. The molecule has 140 valence electrons. The lowest BCUT2D eigenvalue weighted by atomic mass is 10.0. The summed E-state index contributed by atoms with van der Waals surface area (Å²) >= 11 is 0. The molecule has 27 heavy (non-hydrogen) atoms. The summed E-state index contributed by atoms with van der Waals surface area (Å²) in [5.41, 5.74) is -0.246. The van der Waals surface area contributed by atoms with Crippen molar-refractivity contribution in [2.75, 3.05) is 0 Å². The Balaban J connectivity index is 2.38. The topological polar surface area (TPSA) is 55.1 Å². The molecule has 1 N–H and O–H groups in total. The first-order valence-corrected chi connectivity index (χ1v) is 8.41. The summed E-state index contributed by atoms with van der Waals surface area (Å²) in [5.74, 6) is -1.21. The van der Waals surface area contributed by atoms with Gasteiger partial charge in [-0.25, -0.2) is 9.48 Å². The second kappa shape index (κ2) is 7.26. The highest BCUT2D eigenvalue weighted by Crippen LogP contribution is 2.37. The zero-order chi connectivity index (χ0) is 19.6. The molecular weight excluding hydrogens is 357 g/mol. The fraction of sp³-hybridized carbons (Fsp3) is 0.200. The maximum Gasteiger partial charge on any atom is 0.418 e. The molecule has 2 aromatic carbocycles. The summed E-state index contributed by atoms with van der Waals surface area (Å²) < 4.78 is 41.7. The first kappa shape index (κ1) is 18.7. The molecule has 1 aromatic heterocycles. The number of carbonyl (C=O) groups is 1. The normalized spacial score (nSPS) is 11.6. The first-order chi connectivity index (χ1) is 12.8. The van der Waals surface area contributed by atoms with Crippen molar-refractivity contribution >= 4 is 5.97 Å². The molecule has 0 aliphatic rings. The van der Waals surface area contributed by atoms with Gasteiger partial charge in [-0.3, -0.25) is 0 Å². The fourth-order valence-electron chi connectivity index (χ4n) is 3.03. The van der Waals surface area contributed by atoms with E-state index in [1.807, 2.05) is 6.92 Å². The molecule has 3 aromatic rings. The van der Waals surface area contributed by atoms with Crippen LogP contribution in [0, 0.1) is 0 Å². The molecule has 0 aliphatic carbocycles. The standard InChI is InChI=1S/C20H17F3N2O2/c1-2-8-15-17(19(26)27)18(13-9-4-3-5-10-13)25(24-15)16-12-7-6-11-14(16)20(21,22)23/h3-7,9-12H,2,8H2,1H3,(H,26,27). The largest absolute Gasteiger partial charge is 0.478 e. The zero-order valence-corrected chi connectivity index (χ0v) is 14.5. The van der Waals surface area contributed by atoms with Crippen LogP contribution in [0.5, 0.6) is 0 Å². The highest BCUT2D eigenvalue weighted by atomic mass is 19.4. The summed E-state index contributed by atoms with van der Waals surface area (Å²) in [5, 5.41) is 14.0. The van der Waals surface area contributed by atoms with Gasteiger partial charge in [-0.2, -0.15) is 18.3 Å². The Morgan fingerprint density at radius 3 is 2.30 bits per heavy atom. The lowest BCUT2D eigenvalue weighted by molar-refractivity contribution is -0.137. The van der Waals surface area contributed by atoms with E-state index in [9.17, 15) is 23.1 Å². The van der Waals surface area contributed by atoms with E-state index in [1.165, 1.54) is 18.2 Å². The molecule has 1 heterocycles. The number of rotatable bonds is 5. The molecule has 4 nitrogen and oxygen atoms in total. The molecule has 0 bridgehead atoms. The van der Waals surface area contributed by atoms with Gasteiger partial charge in [-0.15, -0.1) is 0 Å². The second-order valence-corrected chi connectivity index (χ2v) is 6.02. The maximum atomic E-state index is 13.5. The average molecular weight is 374 g/mol. The molecule has 0 amide bonds. The van der Waals surface area contributed by atoms with Crippen molar-refractivity contribution in [1.82, 2.24) is 9.78 Å². The van der Waals surface area contributed by atoms with Gasteiger partial charge in [0.2, 0.25) is 0 Å². The van der Waals surface area contributed by atoms with E-state index in [1.54, 1.807) is 30.3 Å². The quantitative estimate of drug-likeness (QED) is 0.667. The minimum Gasteiger partial charge on any atom is -0.478 e. The molecule has 0 spiro atoms. The van der Waals surface area contributed by atoms with Crippen LogP contribution >= 0.6 is 0 Å². The second-order valence-electron chi connectivity index (χ2n) is 6.02. The SMILES string of the molecule is CCCc1nn(-c2ccccc2C(F)(F)F)c(-c2ccccc2)c1C(=O)O. The van der Waals surface area contributed by atoms with Crippen LogP contribution in [0.15, 0.2) is 54.6 Å². The predicted molar refractivity (Wildman–Crippen MR) is 95.0 cm³/mol. The summed E-state index contributed by atoms with van der Waals surface area (Å²) in [4.78, 5) is 11.9. The third-order valence-corrected chi connectivity index (χ3v) is 4.14. The number of hydrogen-bond acceptors (Lipinski definition) is 2. The van der Waals surface area contributed by atoms with E-state index >= 15 is 0 Å². The third kappa shape index (κ3) is 3.58. The van der Waals surface area contributed by atoms with E-state index in [0.717, 1.165) is 10.7 Å². The maximum absolute atomic E-state index is 13.5. The Labute approximate surface area is 153 Å². The lowest BCUT2D eigenvalue weighted by Crippen LogP contribution is -2.12. The lowest BCUT2D eigenvalue weighted by Gasteiger charge is -2.15. The van der Waals surface area contributed by atoms with E-state index in [0.29, 0.717) is 18.4 Å². The number of carboxylic acids is 1. The molecule has 0 fully saturated rings. The van der Waals surface area contributed by atoms with E-state index in [-0.39, 0.29) is 22.6 Å². The van der Waals surface area contributed by atoms with Gasteiger partial charge < -0.3 is 5.11 Å². The number of alkyl halides is 3. The van der Waals surface area contributed by atoms with Crippen molar-refractivity contribution < 1.29 is 23.1 Å². The van der Waals surface area contributed by atoms with Gasteiger partial charge in [0.1, 0.15) is 5.56 Å². The molecule has 0 saturated carbocycles. The first-order valence-electron chi connectivity index (χ1n) is 8.41. The predicted octanol–water partition coefficient (Wildman–Crippen LogP) is 5.21. The highest BCUT2D eigenvalue weighted by Gasteiger charge is 2.35. The van der Waals surface area contributed by atoms with Crippen molar-refractivity contribution in [2.24, 2.45) is 0 Å². The van der Waals surface area contributed by atoms with E-state index in [2.05, 4.69) is 5.10 Å². The number of aromatic carboxylic acids is 1. The summed E-state index contributed by atoms with van der Waals surface area (Å²) in [6.45, 7) is 1.86. The van der Waals surface area contributed by atoms with Gasteiger partial charge in [0.15, 0.2) is 0 Å². The number of benzene rings is 2. The van der Waals surface area contributed by atoms with Crippen LogP contribution in [-0.2, 0) is 12.6 Å². The summed E-state index contributed by atoms with van der Waals surface area (Å²) in [7, 11) is 0. The van der Waals surface area contributed by atoms with Crippen molar-refractivity contribution in [3.05, 3.63) is 71.4 Å². The van der Waals surface area contributed by atoms with Crippen molar-refractivity contribution in [3.63, 3.8) is 0 Å². The van der Waals surface area contributed by atoms with Gasteiger partial charge in [0.25, 0.3) is 0 Å². The average Bonchev–Trinajstić information content (AvgIpc) is 3.01. The van der Waals surface area contributed by atoms with Crippen LogP contribution in [0.3, 0.4) is 0 Å². The number of aryl methyl sites for hydroxylation is 1. The number of halogens is 3. The Bertz CT molecular complexity index is 963. The molecular formula is C20H17F3N2O2. The molecule has 0 unspecified atom stereocenters. The highest BCUT2D eigenvalue weighted by molar-refractivity contribution is 5.96. The Hall–Kier alpha value is -3.09. The number of nitrogens with zero attached hydrogens (tertiary/aromatic N) is 2. The minimum atomic E-state index is -4.59. The monoisotopic (exact) mass is 374 g/mol. The van der Waals surface area contributed by atoms with Crippen LogP contribution in [0.1, 0.15) is 35.0 Å². The van der Waals surface area contributed by atoms with Crippen molar-refractivity contribution in [2.45, 2.75) is 25.9 Å². The summed E-state index contributed by atoms with van der Waals surface area (Å²) in [6.07, 6.45) is -3.63. The molecule has 3 rings (SSSR count). The van der Waals surface area contributed by atoms with Gasteiger partial charge in [-0.05, 0) is 18.6 Å². The van der Waals surface area contributed by atoms with E-state index in [4.69, 9.17) is 0 Å². The fourth-order valence-corrected chi connectivity index (χ4v) is 3.03. The van der Waals surface area contributed by atoms with Crippen molar-refractivity contribution in [3.8, 4) is 16.9 Å². The smallest absolute Gasteiger partial charge is 0.418 e. The molecule has 0 saturated heterocycles. The van der Waals surface area contributed by atoms with E-state index < -0.39 is 17.7 Å². The number of hydrogen-bond donors (Lipinski definition) is 1. The number of aromatic nitrogens is 2. The Kier molecular flexibility index (Phi) is 5.03. The third-order valence-electron chi connectivity index (χ3n) is 4.14. The molecule has 7 heteroatoms. The minimum absolute atomic E-state index is 0.0694. The molecule has 0 atom stereocenters. The van der Waals surface area contributed by atoms with Crippen LogP contribution < -0.4 is 0 Å².